The quantitative estimate of drug-likeness (QED) is 0.676. The Morgan fingerprint density at radius 3 is 2.81 bits per heavy atom. The van der Waals surface area contributed by atoms with E-state index in [9.17, 15) is 4.79 Å². The van der Waals surface area contributed by atoms with Crippen molar-refractivity contribution in [1.82, 2.24) is 9.78 Å². The molecule has 4 nitrogen and oxygen atoms in total. The maximum atomic E-state index is 12.3. The Kier molecular flexibility index (Phi) is 4.10. The van der Waals surface area contributed by atoms with Crippen LogP contribution in [0.4, 0.5) is 5.69 Å². The van der Waals surface area contributed by atoms with Crippen molar-refractivity contribution in [2.75, 3.05) is 5.73 Å². The average molecular weight is 348 g/mol. The van der Waals surface area contributed by atoms with Crippen LogP contribution < -0.4 is 5.73 Å². The number of hydrogen-bond acceptors (Lipinski definition) is 3. The minimum atomic E-state index is 0.0414. The fraction of sp³-hybridized carbons (Fsp3) is 0.375. The second-order valence-electron chi connectivity index (χ2n) is 5.60. The molecule has 1 heterocycles. The molecule has 0 amide bonds. The monoisotopic (exact) mass is 347 g/mol. The number of nitrogens with two attached hydrogens (primary N) is 1. The third-order valence-electron chi connectivity index (χ3n) is 3.95. The molecule has 0 unspecified atom stereocenters. The van der Waals surface area contributed by atoms with Crippen molar-refractivity contribution < 1.29 is 4.79 Å². The zero-order valence-corrected chi connectivity index (χ0v) is 13.3. The largest absolute Gasteiger partial charge is 0.399 e. The van der Waals surface area contributed by atoms with E-state index in [0.29, 0.717) is 23.7 Å². The highest BCUT2D eigenvalue weighted by atomic mass is 79.9. The molecule has 0 saturated heterocycles. The van der Waals surface area contributed by atoms with Gasteiger partial charge in [-0.25, -0.2) is 0 Å². The van der Waals surface area contributed by atoms with E-state index in [2.05, 4.69) is 21.0 Å². The van der Waals surface area contributed by atoms with E-state index in [0.717, 1.165) is 10.2 Å². The van der Waals surface area contributed by atoms with Gasteiger partial charge in [-0.05, 0) is 37.1 Å². The van der Waals surface area contributed by atoms with E-state index in [-0.39, 0.29) is 5.78 Å². The summed E-state index contributed by atoms with van der Waals surface area (Å²) in [6.45, 7) is 0. The molecule has 1 aromatic carbocycles. The van der Waals surface area contributed by atoms with E-state index in [1.54, 1.807) is 18.2 Å². The lowest BCUT2D eigenvalue weighted by Crippen LogP contribution is -2.08. The average Bonchev–Trinajstić information content (AvgIpc) is 3.07. The number of hydrogen-bond donors (Lipinski definition) is 1. The first-order valence-electron chi connectivity index (χ1n) is 7.25. The maximum absolute atomic E-state index is 12.3. The summed E-state index contributed by atoms with van der Waals surface area (Å²) < 4.78 is 2.84. The zero-order chi connectivity index (χ0) is 14.8. The number of Topliss-reactive ketones (excluding diaryl/α,β-unsaturated/α-hetero) is 1. The standard InChI is InChI=1S/C16H18BrN3O/c17-12-7-11(8-13(18)9-12)16(21)10-14-5-6-20(19-14)15-3-1-2-4-15/h5-9,15H,1-4,10,18H2. The van der Waals surface area contributed by atoms with Gasteiger partial charge in [0.25, 0.3) is 0 Å². The number of ketones is 1. The minimum Gasteiger partial charge on any atom is -0.399 e. The van der Waals surface area contributed by atoms with Crippen LogP contribution in [0.5, 0.6) is 0 Å². The van der Waals surface area contributed by atoms with Crippen LogP contribution >= 0.6 is 15.9 Å². The van der Waals surface area contributed by atoms with Crippen LogP contribution in [0.1, 0.15) is 47.8 Å². The molecule has 0 atom stereocenters. The molecular weight excluding hydrogens is 330 g/mol. The SMILES string of the molecule is Nc1cc(Br)cc(C(=O)Cc2ccn(C3CCCC3)n2)c1. The van der Waals surface area contributed by atoms with Gasteiger partial charge in [0.2, 0.25) is 0 Å². The summed E-state index contributed by atoms with van der Waals surface area (Å²) in [5.41, 5.74) is 7.81. The van der Waals surface area contributed by atoms with Crippen molar-refractivity contribution in [2.24, 2.45) is 0 Å². The molecule has 0 radical (unpaired) electrons. The van der Waals surface area contributed by atoms with Gasteiger partial charge in [-0.3, -0.25) is 9.48 Å². The molecule has 3 rings (SSSR count). The van der Waals surface area contributed by atoms with Crippen molar-refractivity contribution in [2.45, 2.75) is 38.1 Å². The van der Waals surface area contributed by atoms with E-state index in [4.69, 9.17) is 5.73 Å². The van der Waals surface area contributed by atoms with Crippen molar-refractivity contribution in [3.63, 3.8) is 0 Å². The van der Waals surface area contributed by atoms with Crippen LogP contribution in [0.2, 0.25) is 0 Å². The zero-order valence-electron chi connectivity index (χ0n) is 11.8. The van der Waals surface area contributed by atoms with Gasteiger partial charge in [-0.2, -0.15) is 5.10 Å². The Hall–Kier alpha value is -1.62. The summed E-state index contributed by atoms with van der Waals surface area (Å²) in [6.07, 6.45) is 7.24. The summed E-state index contributed by atoms with van der Waals surface area (Å²) in [5.74, 6) is 0.0414. The molecule has 110 valence electrons. The number of carbonyl (C=O) groups is 1. The molecule has 1 fully saturated rings. The van der Waals surface area contributed by atoms with Crippen LogP contribution in [0.3, 0.4) is 0 Å². The van der Waals surface area contributed by atoms with Crippen LogP contribution in [-0.2, 0) is 6.42 Å². The van der Waals surface area contributed by atoms with Crippen molar-refractivity contribution in [3.05, 3.63) is 46.2 Å². The van der Waals surface area contributed by atoms with Crippen LogP contribution in [0, 0.1) is 0 Å². The number of rotatable bonds is 4. The smallest absolute Gasteiger partial charge is 0.168 e. The number of aromatic nitrogens is 2. The Labute approximate surface area is 132 Å². The molecular formula is C16H18BrN3O. The summed E-state index contributed by atoms with van der Waals surface area (Å²) in [5, 5.41) is 4.56. The number of nitrogen functional groups attached to an aromatic ring is 1. The van der Waals surface area contributed by atoms with Crippen LogP contribution in [-0.4, -0.2) is 15.6 Å². The van der Waals surface area contributed by atoms with Crippen LogP contribution in [0.25, 0.3) is 0 Å². The molecule has 21 heavy (non-hydrogen) atoms. The highest BCUT2D eigenvalue weighted by Gasteiger charge is 2.18. The predicted octanol–water partition coefficient (Wildman–Crippen LogP) is 3.77. The second-order valence-corrected chi connectivity index (χ2v) is 6.51. The van der Waals surface area contributed by atoms with Gasteiger partial charge in [0.1, 0.15) is 0 Å². The summed E-state index contributed by atoms with van der Waals surface area (Å²) in [6, 6.07) is 7.74. The van der Waals surface area contributed by atoms with Gasteiger partial charge in [0.15, 0.2) is 5.78 Å². The number of carbonyl (C=O) groups excluding carboxylic acids is 1. The van der Waals surface area contributed by atoms with Gasteiger partial charge in [-0.15, -0.1) is 0 Å². The normalized spacial score (nSPS) is 15.5. The minimum absolute atomic E-state index is 0.0414. The highest BCUT2D eigenvalue weighted by molar-refractivity contribution is 9.10. The fourth-order valence-corrected chi connectivity index (χ4v) is 3.39. The fourth-order valence-electron chi connectivity index (χ4n) is 2.88. The van der Waals surface area contributed by atoms with E-state index < -0.39 is 0 Å². The third-order valence-corrected chi connectivity index (χ3v) is 4.40. The summed E-state index contributed by atoms with van der Waals surface area (Å²) in [4.78, 5) is 12.3. The van der Waals surface area contributed by atoms with E-state index >= 15 is 0 Å². The second kappa shape index (κ2) is 6.02. The number of anilines is 1. The van der Waals surface area contributed by atoms with Crippen molar-refractivity contribution >= 4 is 27.4 Å². The Balaban J connectivity index is 1.72. The Bertz CT molecular complexity index is 639. The molecule has 0 bridgehead atoms. The first-order valence-corrected chi connectivity index (χ1v) is 8.04. The predicted molar refractivity (Wildman–Crippen MR) is 86.3 cm³/mol. The lowest BCUT2D eigenvalue weighted by atomic mass is 10.1. The molecule has 2 N–H and O–H groups in total. The topological polar surface area (TPSA) is 60.9 Å². The molecule has 2 aromatic rings. The van der Waals surface area contributed by atoms with E-state index in [1.807, 2.05) is 16.9 Å². The molecule has 0 aliphatic heterocycles. The van der Waals surface area contributed by atoms with E-state index in [1.165, 1.54) is 25.7 Å². The van der Waals surface area contributed by atoms with Gasteiger partial charge in [0.05, 0.1) is 18.2 Å². The molecule has 0 spiro atoms. The van der Waals surface area contributed by atoms with Gasteiger partial charge < -0.3 is 5.73 Å². The van der Waals surface area contributed by atoms with Gasteiger partial charge in [-0.1, -0.05) is 28.8 Å². The lowest BCUT2D eigenvalue weighted by Gasteiger charge is -2.08. The number of halogens is 1. The maximum Gasteiger partial charge on any atom is 0.168 e. The lowest BCUT2D eigenvalue weighted by molar-refractivity contribution is 0.0991. The van der Waals surface area contributed by atoms with Crippen molar-refractivity contribution in [1.29, 1.82) is 0 Å². The number of nitrogens with zero attached hydrogens (tertiary/aromatic N) is 2. The highest BCUT2D eigenvalue weighted by Crippen LogP contribution is 2.28. The first kappa shape index (κ1) is 14.3. The third kappa shape index (κ3) is 3.35. The number of benzene rings is 1. The molecule has 1 aliphatic carbocycles. The molecule has 5 heteroatoms. The molecule has 1 saturated carbocycles. The summed E-state index contributed by atoms with van der Waals surface area (Å²) >= 11 is 3.36. The first-order chi connectivity index (χ1) is 10.1. The van der Waals surface area contributed by atoms with Gasteiger partial charge in [0, 0.05) is 21.9 Å². The molecule has 1 aliphatic rings. The summed E-state index contributed by atoms with van der Waals surface area (Å²) in [7, 11) is 0. The Morgan fingerprint density at radius 1 is 1.33 bits per heavy atom. The van der Waals surface area contributed by atoms with Crippen LogP contribution in [0.15, 0.2) is 34.9 Å². The Morgan fingerprint density at radius 2 is 2.10 bits per heavy atom. The van der Waals surface area contributed by atoms with Crippen molar-refractivity contribution in [3.8, 4) is 0 Å². The molecule has 1 aromatic heterocycles. The van der Waals surface area contributed by atoms with Gasteiger partial charge >= 0.3 is 0 Å².